The Kier molecular flexibility index (Phi) is 10.6. The van der Waals surface area contributed by atoms with Crippen LogP contribution in [0.5, 0.6) is 0 Å². The van der Waals surface area contributed by atoms with E-state index in [2.05, 4.69) is 34.2 Å². The van der Waals surface area contributed by atoms with Gasteiger partial charge in [0.1, 0.15) is 0 Å². The molecular weight excluding hydrogens is 715 g/mol. The number of hydrogen-bond acceptors (Lipinski definition) is 9. The van der Waals surface area contributed by atoms with Crippen LogP contribution in [0.15, 0.2) is 177 Å². The molecule has 0 aliphatic carbocycles. The first kappa shape index (κ1) is 36.0. The molecule has 0 saturated heterocycles. The Labute approximate surface area is 336 Å². The smallest absolute Gasteiger partial charge is 0.0894 e. The number of rotatable bonds is 12. The van der Waals surface area contributed by atoms with Crippen molar-refractivity contribution in [3.63, 3.8) is 0 Å². The lowest BCUT2D eigenvalue weighted by atomic mass is 10.1. The molecule has 0 N–H and O–H groups in total. The summed E-state index contributed by atoms with van der Waals surface area (Å²) in [7, 11) is 0. The molecule has 9 heteroatoms. The van der Waals surface area contributed by atoms with Crippen LogP contribution in [0.25, 0.3) is 68.3 Å². The third-order valence-electron chi connectivity index (χ3n) is 9.86. The average molecular weight is 752 g/mol. The van der Waals surface area contributed by atoms with Gasteiger partial charge in [-0.25, -0.2) is 15.0 Å². The highest BCUT2D eigenvalue weighted by molar-refractivity contribution is 5.64. The maximum atomic E-state index is 4.91. The Bertz CT molecular complexity index is 2550. The Morgan fingerprint density at radius 1 is 0.224 bits per heavy atom. The summed E-state index contributed by atoms with van der Waals surface area (Å²) in [6, 6.07) is 46.1. The third-order valence-corrected chi connectivity index (χ3v) is 9.86. The Balaban J connectivity index is 0.782. The molecule has 0 radical (unpaired) electrons. The van der Waals surface area contributed by atoms with Crippen molar-refractivity contribution in [3.05, 3.63) is 199 Å². The molecule has 9 aromatic heterocycles. The van der Waals surface area contributed by atoms with Crippen LogP contribution >= 0.6 is 0 Å². The fourth-order valence-corrected chi connectivity index (χ4v) is 6.66. The van der Waals surface area contributed by atoms with Gasteiger partial charge in [0.15, 0.2) is 0 Å². The highest BCUT2D eigenvalue weighted by atomic mass is 14.8. The van der Waals surface area contributed by atoms with Gasteiger partial charge in [-0.2, -0.15) is 0 Å². The minimum Gasteiger partial charge on any atom is -0.255 e. The number of hydrogen-bond donors (Lipinski definition) is 0. The fourth-order valence-electron chi connectivity index (χ4n) is 6.66. The largest absolute Gasteiger partial charge is 0.255 e. The minimum atomic E-state index is 0.810. The lowest BCUT2D eigenvalue weighted by Gasteiger charge is -2.08. The van der Waals surface area contributed by atoms with Crippen molar-refractivity contribution in [2.45, 2.75) is 25.7 Å². The maximum Gasteiger partial charge on any atom is 0.0894 e. The van der Waals surface area contributed by atoms with Crippen molar-refractivity contribution in [2.24, 2.45) is 0 Å². The van der Waals surface area contributed by atoms with Gasteiger partial charge < -0.3 is 0 Å². The van der Waals surface area contributed by atoms with E-state index >= 15 is 0 Å². The van der Waals surface area contributed by atoms with Crippen LogP contribution in [-0.4, -0.2) is 44.9 Å². The summed E-state index contributed by atoms with van der Waals surface area (Å²) in [6.45, 7) is 0. The molecule has 0 unspecified atom stereocenters. The number of nitrogens with zero attached hydrogens (tertiary/aromatic N) is 9. The van der Waals surface area contributed by atoms with Gasteiger partial charge in [-0.3, -0.25) is 29.9 Å². The van der Waals surface area contributed by atoms with Gasteiger partial charge in [0, 0.05) is 37.2 Å². The van der Waals surface area contributed by atoms with Gasteiger partial charge in [-0.1, -0.05) is 54.6 Å². The quantitative estimate of drug-likeness (QED) is 0.120. The third kappa shape index (κ3) is 8.59. The number of pyridine rings is 9. The van der Waals surface area contributed by atoms with Crippen molar-refractivity contribution in [1.82, 2.24) is 44.9 Å². The Hall–Kier alpha value is -7.65. The normalized spacial score (nSPS) is 11.0. The van der Waals surface area contributed by atoms with Crippen LogP contribution in [0.4, 0.5) is 0 Å². The predicted octanol–water partition coefficient (Wildman–Crippen LogP) is 9.81. The monoisotopic (exact) mass is 751 g/mol. The van der Waals surface area contributed by atoms with Gasteiger partial charge >= 0.3 is 0 Å². The summed E-state index contributed by atoms with van der Waals surface area (Å²) in [4.78, 5) is 42.3. The minimum absolute atomic E-state index is 0.810. The summed E-state index contributed by atoms with van der Waals surface area (Å²) in [5.41, 5.74) is 14.6. The second-order valence-corrected chi connectivity index (χ2v) is 13.9. The van der Waals surface area contributed by atoms with E-state index in [1.807, 2.05) is 140 Å². The Morgan fingerprint density at radius 2 is 0.483 bits per heavy atom. The van der Waals surface area contributed by atoms with E-state index in [9.17, 15) is 0 Å². The van der Waals surface area contributed by atoms with Crippen LogP contribution in [0.3, 0.4) is 0 Å². The van der Waals surface area contributed by atoms with Crippen LogP contribution in [0.2, 0.25) is 0 Å². The first-order valence-electron chi connectivity index (χ1n) is 19.3. The summed E-state index contributed by atoms with van der Waals surface area (Å²) < 4.78 is 0. The molecule has 0 atom stereocenters. The van der Waals surface area contributed by atoms with Crippen molar-refractivity contribution in [2.75, 3.05) is 0 Å². The molecular formula is C49H37N9. The first-order chi connectivity index (χ1) is 28.7. The van der Waals surface area contributed by atoms with Gasteiger partial charge in [-0.05, 0) is 133 Å². The van der Waals surface area contributed by atoms with Gasteiger partial charge in [-0.15, -0.1) is 0 Å². The van der Waals surface area contributed by atoms with Crippen molar-refractivity contribution in [1.29, 1.82) is 0 Å². The molecule has 278 valence electrons. The van der Waals surface area contributed by atoms with Crippen molar-refractivity contribution < 1.29 is 0 Å². The number of aromatic nitrogens is 9. The SMILES string of the molecule is c1ccc(-c2cccc(-c3ccc(CCc4ccc(-c5cccc(-c6ccc(CCc7ccc(-c8cccc(-c9ccccn9)n8)nc7)cn6)n5)nc4)cn3)n2)nc1. The zero-order valence-electron chi connectivity index (χ0n) is 31.6. The number of aryl methyl sites for hydroxylation is 4. The summed E-state index contributed by atoms with van der Waals surface area (Å²) in [5, 5.41) is 0. The molecule has 0 aromatic carbocycles. The molecule has 0 aliphatic rings. The van der Waals surface area contributed by atoms with Crippen LogP contribution in [0, 0.1) is 0 Å². The van der Waals surface area contributed by atoms with E-state index in [1.54, 1.807) is 12.4 Å². The second-order valence-electron chi connectivity index (χ2n) is 13.9. The zero-order chi connectivity index (χ0) is 38.9. The second kappa shape index (κ2) is 17.0. The lowest BCUT2D eigenvalue weighted by Crippen LogP contribution is -1.97. The lowest BCUT2D eigenvalue weighted by molar-refractivity contribution is 0.940. The van der Waals surface area contributed by atoms with Gasteiger partial charge in [0.25, 0.3) is 0 Å². The fraction of sp³-hybridized carbons (Fsp3) is 0.0816. The molecule has 9 rings (SSSR count). The van der Waals surface area contributed by atoms with Crippen LogP contribution in [0.1, 0.15) is 22.3 Å². The molecule has 0 aliphatic heterocycles. The van der Waals surface area contributed by atoms with E-state index in [0.29, 0.717) is 0 Å². The summed E-state index contributed by atoms with van der Waals surface area (Å²) >= 11 is 0. The van der Waals surface area contributed by atoms with Crippen LogP contribution < -0.4 is 0 Å². The topological polar surface area (TPSA) is 116 Å². The molecule has 9 aromatic rings. The highest BCUT2D eigenvalue weighted by Crippen LogP contribution is 2.24. The van der Waals surface area contributed by atoms with Crippen LogP contribution in [-0.2, 0) is 25.7 Å². The molecule has 9 heterocycles. The average Bonchev–Trinajstić information content (AvgIpc) is 3.31. The van der Waals surface area contributed by atoms with Gasteiger partial charge in [0.2, 0.25) is 0 Å². The predicted molar refractivity (Wildman–Crippen MR) is 227 cm³/mol. The molecule has 0 amide bonds. The summed E-state index contributed by atoms with van der Waals surface area (Å²) in [5.74, 6) is 0. The standard InChI is InChI=1S/C49H37N9/c1-3-28-50-38(8-1)44-10-5-12-46(56-44)40-24-20-34(30-52-40)16-18-36-22-26-42(54-32-36)48-14-7-15-49(58-48)43-27-23-37(33-55-43)19-17-35-21-25-41(53-31-35)47-13-6-11-45(57-47)39-9-2-4-29-51-39/h1-15,20-33H,16-19H2. The molecule has 0 saturated carbocycles. The van der Waals surface area contributed by atoms with Crippen molar-refractivity contribution >= 4 is 0 Å². The van der Waals surface area contributed by atoms with E-state index in [0.717, 1.165) is 116 Å². The summed E-state index contributed by atoms with van der Waals surface area (Å²) in [6.07, 6.45) is 14.7. The van der Waals surface area contributed by atoms with E-state index in [4.69, 9.17) is 34.9 Å². The van der Waals surface area contributed by atoms with Gasteiger partial charge in [0.05, 0.1) is 68.3 Å². The van der Waals surface area contributed by atoms with E-state index < -0.39 is 0 Å². The molecule has 9 nitrogen and oxygen atoms in total. The van der Waals surface area contributed by atoms with Crippen molar-refractivity contribution in [3.8, 4) is 68.3 Å². The molecule has 0 spiro atoms. The van der Waals surface area contributed by atoms with E-state index in [-0.39, 0.29) is 0 Å². The zero-order valence-corrected chi connectivity index (χ0v) is 31.6. The highest BCUT2D eigenvalue weighted by Gasteiger charge is 2.10. The Morgan fingerprint density at radius 3 is 0.707 bits per heavy atom. The van der Waals surface area contributed by atoms with E-state index in [1.165, 1.54) is 0 Å². The molecule has 58 heavy (non-hydrogen) atoms. The maximum absolute atomic E-state index is 4.91. The molecule has 0 fully saturated rings. The first-order valence-corrected chi connectivity index (χ1v) is 19.3. The molecule has 0 bridgehead atoms.